The van der Waals surface area contributed by atoms with Gasteiger partial charge in [-0.1, -0.05) is 39.8 Å². The lowest BCUT2D eigenvalue weighted by molar-refractivity contribution is -0.137. The molecule has 2 atom stereocenters. The van der Waals surface area contributed by atoms with Gasteiger partial charge in [0.05, 0.1) is 5.56 Å². The summed E-state index contributed by atoms with van der Waals surface area (Å²) in [7, 11) is 0. The molecule has 0 spiro atoms. The van der Waals surface area contributed by atoms with E-state index < -0.39 is 11.7 Å². The van der Waals surface area contributed by atoms with Crippen LogP contribution in [0.15, 0.2) is 24.3 Å². The fourth-order valence-corrected chi connectivity index (χ4v) is 4.67. The van der Waals surface area contributed by atoms with Crippen molar-refractivity contribution in [1.29, 1.82) is 0 Å². The van der Waals surface area contributed by atoms with Crippen LogP contribution in [-0.2, 0) is 11.0 Å². The summed E-state index contributed by atoms with van der Waals surface area (Å²) in [6, 6.07) is 5.33. The molecule has 1 heterocycles. The van der Waals surface area contributed by atoms with Gasteiger partial charge in [-0.05, 0) is 35.4 Å². The van der Waals surface area contributed by atoms with Crippen molar-refractivity contribution in [3.05, 3.63) is 35.4 Å². The smallest absolute Gasteiger partial charge is 0.326 e. The number of hydrogen-bond acceptors (Lipinski definition) is 2. The summed E-state index contributed by atoms with van der Waals surface area (Å²) >= 11 is 1.53. The van der Waals surface area contributed by atoms with Gasteiger partial charge in [0.15, 0.2) is 0 Å². The van der Waals surface area contributed by atoms with Gasteiger partial charge >= 0.3 is 6.18 Å². The first-order chi connectivity index (χ1) is 11.5. The molecule has 0 N–H and O–H groups in total. The van der Waals surface area contributed by atoms with Gasteiger partial charge in [0, 0.05) is 18.7 Å². The zero-order chi connectivity index (χ0) is 18.8. The molecule has 1 aromatic rings. The molecular formula is C19H26F3NOS. The highest BCUT2D eigenvalue weighted by atomic mass is 32.2. The Morgan fingerprint density at radius 2 is 2.00 bits per heavy atom. The van der Waals surface area contributed by atoms with Gasteiger partial charge in [0.25, 0.3) is 0 Å². The lowest BCUT2D eigenvalue weighted by atomic mass is 9.84. The Hall–Kier alpha value is -1.17. The number of alkyl halides is 3. The van der Waals surface area contributed by atoms with Gasteiger partial charge in [-0.25, -0.2) is 0 Å². The molecule has 6 heteroatoms. The molecule has 2 nitrogen and oxygen atoms in total. The largest absolute Gasteiger partial charge is 0.416 e. The van der Waals surface area contributed by atoms with Crippen LogP contribution < -0.4 is 0 Å². The van der Waals surface area contributed by atoms with Crippen LogP contribution in [0.5, 0.6) is 0 Å². The Morgan fingerprint density at radius 3 is 2.60 bits per heavy atom. The molecule has 0 aromatic heterocycles. The Labute approximate surface area is 152 Å². The number of benzene rings is 1. The van der Waals surface area contributed by atoms with Gasteiger partial charge in [-0.3, -0.25) is 4.79 Å². The second-order valence-corrected chi connectivity index (χ2v) is 9.20. The molecule has 0 unspecified atom stereocenters. The third-order valence-electron chi connectivity index (χ3n) is 4.19. The zero-order valence-corrected chi connectivity index (χ0v) is 16.0. The Balaban J connectivity index is 2.11. The Bertz CT molecular complexity index is 609. The van der Waals surface area contributed by atoms with E-state index in [2.05, 4.69) is 27.7 Å². The topological polar surface area (TPSA) is 20.3 Å². The van der Waals surface area contributed by atoms with E-state index >= 15 is 0 Å². The van der Waals surface area contributed by atoms with E-state index in [1.165, 1.54) is 23.9 Å². The van der Waals surface area contributed by atoms with Crippen molar-refractivity contribution in [3.8, 4) is 0 Å². The number of hydrogen-bond donors (Lipinski definition) is 0. The van der Waals surface area contributed by atoms with Crippen molar-refractivity contribution in [2.24, 2.45) is 11.3 Å². The lowest BCUT2D eigenvalue weighted by Crippen LogP contribution is -2.32. The van der Waals surface area contributed by atoms with Crippen molar-refractivity contribution in [1.82, 2.24) is 4.90 Å². The van der Waals surface area contributed by atoms with E-state index in [0.29, 0.717) is 18.5 Å². The van der Waals surface area contributed by atoms with Crippen molar-refractivity contribution in [2.45, 2.75) is 52.1 Å². The fourth-order valence-electron chi connectivity index (χ4n) is 3.40. The standard InChI is InChI=1S/C19H26F3NOS/c1-13(12-18(2,3)4)10-16(24)23-8-9-25-17(23)14-6-5-7-15(11-14)19(20,21)22/h5-7,11,13,17H,8-10,12H2,1-4H3/t13-,17+/m0/s1. The minimum absolute atomic E-state index is 0.0316. The third-order valence-corrected chi connectivity index (χ3v) is 5.46. The minimum Gasteiger partial charge on any atom is -0.326 e. The zero-order valence-electron chi connectivity index (χ0n) is 15.2. The van der Waals surface area contributed by atoms with Gasteiger partial charge in [0.1, 0.15) is 5.37 Å². The molecule has 0 saturated carbocycles. The van der Waals surface area contributed by atoms with E-state index in [1.807, 2.05) is 0 Å². The lowest BCUT2D eigenvalue weighted by Gasteiger charge is -2.28. The van der Waals surface area contributed by atoms with E-state index in [9.17, 15) is 18.0 Å². The van der Waals surface area contributed by atoms with E-state index in [4.69, 9.17) is 0 Å². The number of amides is 1. The number of thioether (sulfide) groups is 1. The monoisotopic (exact) mass is 373 g/mol. The van der Waals surface area contributed by atoms with Crippen LogP contribution in [0.2, 0.25) is 0 Å². The average molecular weight is 373 g/mol. The molecule has 1 fully saturated rings. The third kappa shape index (κ3) is 5.66. The van der Waals surface area contributed by atoms with Crippen molar-refractivity contribution in [2.75, 3.05) is 12.3 Å². The van der Waals surface area contributed by atoms with E-state index in [-0.39, 0.29) is 22.6 Å². The first-order valence-electron chi connectivity index (χ1n) is 8.55. The maximum atomic E-state index is 13.0. The second-order valence-electron chi connectivity index (χ2n) is 8.01. The summed E-state index contributed by atoms with van der Waals surface area (Å²) in [5.41, 5.74) is 0.0417. The summed E-state index contributed by atoms with van der Waals surface area (Å²) in [5.74, 6) is 1.03. The maximum absolute atomic E-state index is 13.0. The number of nitrogens with zero attached hydrogens (tertiary/aromatic N) is 1. The molecule has 0 aliphatic carbocycles. The molecule has 25 heavy (non-hydrogen) atoms. The van der Waals surface area contributed by atoms with Crippen LogP contribution in [-0.4, -0.2) is 23.1 Å². The quantitative estimate of drug-likeness (QED) is 0.670. The van der Waals surface area contributed by atoms with Crippen LogP contribution in [0, 0.1) is 11.3 Å². The minimum atomic E-state index is -4.37. The van der Waals surface area contributed by atoms with Crippen LogP contribution in [0.1, 0.15) is 57.0 Å². The number of rotatable bonds is 4. The molecule has 1 aliphatic rings. The number of halogens is 3. The molecule has 1 amide bonds. The van der Waals surface area contributed by atoms with Crippen molar-refractivity contribution < 1.29 is 18.0 Å². The predicted molar refractivity (Wildman–Crippen MR) is 96.2 cm³/mol. The first-order valence-corrected chi connectivity index (χ1v) is 9.60. The van der Waals surface area contributed by atoms with Gasteiger partial charge in [-0.15, -0.1) is 11.8 Å². The summed E-state index contributed by atoms with van der Waals surface area (Å²) in [6.07, 6.45) is -2.99. The molecule has 1 aromatic carbocycles. The van der Waals surface area contributed by atoms with Crippen molar-refractivity contribution >= 4 is 17.7 Å². The Morgan fingerprint density at radius 1 is 1.32 bits per heavy atom. The molecule has 1 aliphatic heterocycles. The van der Waals surface area contributed by atoms with E-state index in [0.717, 1.165) is 18.2 Å². The highest BCUT2D eigenvalue weighted by molar-refractivity contribution is 7.99. The molecule has 2 rings (SSSR count). The molecule has 140 valence electrons. The maximum Gasteiger partial charge on any atom is 0.416 e. The molecule has 1 saturated heterocycles. The molecular weight excluding hydrogens is 347 g/mol. The van der Waals surface area contributed by atoms with Crippen LogP contribution >= 0.6 is 11.8 Å². The van der Waals surface area contributed by atoms with Gasteiger partial charge in [0.2, 0.25) is 5.91 Å². The number of carbonyl (C=O) groups excluding carboxylic acids is 1. The Kier molecular flexibility index (Phi) is 6.13. The SMILES string of the molecule is C[C@@H](CC(=O)N1CCS[C@@H]1c1cccc(C(F)(F)F)c1)CC(C)(C)C. The van der Waals surface area contributed by atoms with Crippen molar-refractivity contribution in [3.63, 3.8) is 0 Å². The van der Waals surface area contributed by atoms with E-state index in [1.54, 1.807) is 11.0 Å². The number of carbonyl (C=O) groups is 1. The summed E-state index contributed by atoms with van der Waals surface area (Å²) in [5, 5.41) is -0.323. The summed E-state index contributed by atoms with van der Waals surface area (Å²) in [4.78, 5) is 14.4. The van der Waals surface area contributed by atoms with Crippen LogP contribution in [0.4, 0.5) is 13.2 Å². The summed E-state index contributed by atoms with van der Waals surface area (Å²) < 4.78 is 38.9. The van der Waals surface area contributed by atoms with Gasteiger partial charge < -0.3 is 4.90 Å². The average Bonchev–Trinajstić information content (AvgIpc) is 2.93. The first kappa shape index (κ1) is 20.1. The van der Waals surface area contributed by atoms with Crippen LogP contribution in [0.25, 0.3) is 0 Å². The molecule has 0 radical (unpaired) electrons. The van der Waals surface area contributed by atoms with Crippen LogP contribution in [0.3, 0.4) is 0 Å². The molecule has 0 bridgehead atoms. The highest BCUT2D eigenvalue weighted by Gasteiger charge is 2.35. The van der Waals surface area contributed by atoms with Gasteiger partial charge in [-0.2, -0.15) is 13.2 Å². The summed E-state index contributed by atoms with van der Waals surface area (Å²) in [6.45, 7) is 9.08. The fraction of sp³-hybridized carbons (Fsp3) is 0.632. The normalized spacial score (nSPS) is 20.0. The second kappa shape index (κ2) is 7.60. The predicted octanol–water partition coefficient (Wildman–Crippen LogP) is 5.74. The highest BCUT2D eigenvalue weighted by Crippen LogP contribution is 2.41.